The van der Waals surface area contributed by atoms with Gasteiger partial charge in [0.25, 0.3) is 5.91 Å². The van der Waals surface area contributed by atoms with Gasteiger partial charge in [-0.1, -0.05) is 5.21 Å². The number of aromatic nitrogens is 5. The van der Waals surface area contributed by atoms with Crippen LogP contribution in [-0.2, 0) is 6.54 Å². The Morgan fingerprint density at radius 3 is 3.07 bits per heavy atom. The molecule has 15 heavy (non-hydrogen) atoms. The lowest BCUT2D eigenvalue weighted by molar-refractivity contribution is 0.0945. The summed E-state index contributed by atoms with van der Waals surface area (Å²) in [6.07, 6.45) is 1.54. The van der Waals surface area contributed by atoms with E-state index < -0.39 is 0 Å². The zero-order valence-electron chi connectivity index (χ0n) is 7.69. The second-order valence-corrected chi connectivity index (χ2v) is 2.86. The third-order valence-electron chi connectivity index (χ3n) is 1.75. The molecule has 0 radical (unpaired) electrons. The normalized spacial score (nSPS) is 10.1. The molecule has 0 aliphatic carbocycles. The number of anilines is 1. The summed E-state index contributed by atoms with van der Waals surface area (Å²) in [5.41, 5.74) is 6.37. The minimum absolute atomic E-state index is 0.217. The second kappa shape index (κ2) is 3.78. The van der Waals surface area contributed by atoms with Crippen LogP contribution in [0.5, 0.6) is 0 Å². The Bertz CT molecular complexity index is 446. The molecule has 78 valence electrons. The zero-order chi connectivity index (χ0) is 10.7. The number of hydrogen-bond donors (Lipinski definition) is 4. The molecule has 8 heteroatoms. The van der Waals surface area contributed by atoms with Gasteiger partial charge in [-0.05, 0) is 6.07 Å². The number of carbonyl (C=O) groups excluding carboxylic acids is 1. The van der Waals surface area contributed by atoms with Crippen LogP contribution in [0.2, 0.25) is 0 Å². The average Bonchev–Trinajstić information content (AvgIpc) is 2.84. The van der Waals surface area contributed by atoms with Crippen molar-refractivity contribution in [3.63, 3.8) is 0 Å². The fourth-order valence-corrected chi connectivity index (χ4v) is 1.05. The van der Waals surface area contributed by atoms with Gasteiger partial charge >= 0.3 is 0 Å². The van der Waals surface area contributed by atoms with Gasteiger partial charge in [-0.2, -0.15) is 5.21 Å². The van der Waals surface area contributed by atoms with E-state index in [9.17, 15) is 4.79 Å². The molecule has 0 spiro atoms. The smallest absolute Gasteiger partial charge is 0.268 e. The van der Waals surface area contributed by atoms with E-state index in [0.717, 1.165) is 0 Å². The molecule has 0 aromatic carbocycles. The maximum Gasteiger partial charge on any atom is 0.268 e. The summed E-state index contributed by atoms with van der Waals surface area (Å²) in [6, 6.07) is 1.55. The standard InChI is InChI=1S/C7H9N7O/c8-4-1-5(9-2-4)7(15)10-3-6-11-13-14-12-6/h1-2,9H,3,8H2,(H,10,15)(H,11,12,13,14). The molecule has 0 unspecified atom stereocenters. The summed E-state index contributed by atoms with van der Waals surface area (Å²) in [5, 5.41) is 15.6. The molecule has 0 aliphatic rings. The third-order valence-corrected chi connectivity index (χ3v) is 1.75. The molecule has 0 atom stereocenters. The van der Waals surface area contributed by atoms with E-state index in [1.807, 2.05) is 0 Å². The number of H-pyrrole nitrogens is 2. The Labute approximate surface area is 84.3 Å². The Kier molecular flexibility index (Phi) is 2.31. The molecule has 0 saturated heterocycles. The maximum absolute atomic E-state index is 11.5. The number of carbonyl (C=O) groups is 1. The van der Waals surface area contributed by atoms with E-state index in [2.05, 4.69) is 30.9 Å². The highest BCUT2D eigenvalue weighted by Gasteiger charge is 2.08. The van der Waals surface area contributed by atoms with Crippen molar-refractivity contribution >= 4 is 11.6 Å². The number of nitrogen functional groups attached to an aromatic ring is 1. The van der Waals surface area contributed by atoms with Crippen molar-refractivity contribution in [2.45, 2.75) is 6.54 Å². The fourth-order valence-electron chi connectivity index (χ4n) is 1.05. The van der Waals surface area contributed by atoms with Crippen LogP contribution in [0, 0.1) is 0 Å². The van der Waals surface area contributed by atoms with E-state index in [4.69, 9.17) is 5.73 Å². The van der Waals surface area contributed by atoms with Crippen molar-refractivity contribution in [2.24, 2.45) is 0 Å². The largest absolute Gasteiger partial charge is 0.397 e. The molecule has 0 bridgehead atoms. The van der Waals surface area contributed by atoms with Crippen molar-refractivity contribution in [1.29, 1.82) is 0 Å². The lowest BCUT2D eigenvalue weighted by Gasteiger charge is -1.98. The number of tetrazole rings is 1. The first kappa shape index (κ1) is 9.19. The molecule has 0 saturated carbocycles. The zero-order valence-corrected chi connectivity index (χ0v) is 7.69. The molecular weight excluding hydrogens is 198 g/mol. The van der Waals surface area contributed by atoms with Crippen molar-refractivity contribution in [2.75, 3.05) is 5.73 Å². The highest BCUT2D eigenvalue weighted by molar-refractivity contribution is 5.93. The van der Waals surface area contributed by atoms with Crippen molar-refractivity contribution in [3.8, 4) is 0 Å². The van der Waals surface area contributed by atoms with Gasteiger partial charge in [0.1, 0.15) is 5.69 Å². The summed E-state index contributed by atoms with van der Waals surface area (Å²) in [4.78, 5) is 14.2. The molecule has 2 rings (SSSR count). The van der Waals surface area contributed by atoms with Crippen LogP contribution in [0.1, 0.15) is 16.3 Å². The van der Waals surface area contributed by atoms with Crippen molar-refractivity contribution in [3.05, 3.63) is 23.8 Å². The number of amides is 1. The Balaban J connectivity index is 1.93. The summed E-state index contributed by atoms with van der Waals surface area (Å²) in [7, 11) is 0. The molecule has 2 aromatic heterocycles. The fraction of sp³-hybridized carbons (Fsp3) is 0.143. The SMILES string of the molecule is Nc1c[nH]c(C(=O)NCc2nn[nH]n2)c1. The Morgan fingerprint density at radius 2 is 2.47 bits per heavy atom. The maximum atomic E-state index is 11.5. The molecule has 8 nitrogen and oxygen atoms in total. The average molecular weight is 207 g/mol. The van der Waals surface area contributed by atoms with Gasteiger partial charge in [-0.25, -0.2) is 0 Å². The van der Waals surface area contributed by atoms with Gasteiger partial charge < -0.3 is 16.0 Å². The van der Waals surface area contributed by atoms with Gasteiger partial charge in [0, 0.05) is 11.9 Å². The van der Waals surface area contributed by atoms with Crippen molar-refractivity contribution in [1.82, 2.24) is 30.9 Å². The van der Waals surface area contributed by atoms with Crippen LogP contribution < -0.4 is 11.1 Å². The second-order valence-electron chi connectivity index (χ2n) is 2.86. The highest BCUT2D eigenvalue weighted by atomic mass is 16.1. The lowest BCUT2D eigenvalue weighted by atomic mass is 10.4. The first-order valence-electron chi connectivity index (χ1n) is 4.20. The number of nitrogens with one attached hydrogen (secondary N) is 3. The molecule has 0 fully saturated rings. The Morgan fingerprint density at radius 1 is 1.60 bits per heavy atom. The molecule has 2 aromatic rings. The lowest BCUT2D eigenvalue weighted by Crippen LogP contribution is -2.23. The van der Waals surface area contributed by atoms with Gasteiger partial charge in [0.2, 0.25) is 0 Å². The van der Waals surface area contributed by atoms with E-state index in [-0.39, 0.29) is 12.5 Å². The molecule has 5 N–H and O–H groups in total. The number of rotatable bonds is 3. The van der Waals surface area contributed by atoms with Crippen LogP contribution >= 0.6 is 0 Å². The number of aromatic amines is 2. The summed E-state index contributed by atoms with van der Waals surface area (Å²) < 4.78 is 0. The first-order valence-corrected chi connectivity index (χ1v) is 4.20. The van der Waals surface area contributed by atoms with Gasteiger partial charge in [-0.15, -0.1) is 10.2 Å². The summed E-state index contributed by atoms with van der Waals surface area (Å²) in [6.45, 7) is 0.217. The van der Waals surface area contributed by atoms with Crippen LogP contribution in [0.4, 0.5) is 5.69 Å². The minimum Gasteiger partial charge on any atom is -0.397 e. The topological polar surface area (TPSA) is 125 Å². The van der Waals surface area contributed by atoms with E-state index >= 15 is 0 Å². The predicted octanol–water partition coefficient (Wildman–Crippen LogP) is -0.960. The van der Waals surface area contributed by atoms with Crippen molar-refractivity contribution < 1.29 is 4.79 Å². The predicted molar refractivity (Wildman–Crippen MR) is 50.6 cm³/mol. The molecule has 0 aliphatic heterocycles. The highest BCUT2D eigenvalue weighted by Crippen LogP contribution is 2.03. The minimum atomic E-state index is -0.267. The number of hydrogen-bond acceptors (Lipinski definition) is 5. The monoisotopic (exact) mass is 207 g/mol. The van der Waals surface area contributed by atoms with Gasteiger partial charge in [0.05, 0.1) is 6.54 Å². The first-order chi connectivity index (χ1) is 7.25. The quantitative estimate of drug-likeness (QED) is 0.515. The molecule has 1 amide bonds. The number of nitrogens with zero attached hydrogens (tertiary/aromatic N) is 3. The number of nitrogens with two attached hydrogens (primary N) is 1. The van der Waals surface area contributed by atoms with E-state index in [0.29, 0.717) is 17.2 Å². The van der Waals surface area contributed by atoms with Gasteiger partial charge in [0.15, 0.2) is 5.82 Å². The van der Waals surface area contributed by atoms with Crippen LogP contribution in [0.15, 0.2) is 12.3 Å². The van der Waals surface area contributed by atoms with E-state index in [1.165, 1.54) is 0 Å². The van der Waals surface area contributed by atoms with Crippen LogP contribution in [0.25, 0.3) is 0 Å². The van der Waals surface area contributed by atoms with E-state index in [1.54, 1.807) is 12.3 Å². The third kappa shape index (κ3) is 2.10. The van der Waals surface area contributed by atoms with Crippen LogP contribution in [-0.4, -0.2) is 31.5 Å². The molecular formula is C7H9N7O. The summed E-state index contributed by atoms with van der Waals surface area (Å²) >= 11 is 0. The van der Waals surface area contributed by atoms with Gasteiger partial charge in [-0.3, -0.25) is 4.79 Å². The summed E-state index contributed by atoms with van der Waals surface area (Å²) in [5.74, 6) is 0.152. The molecule has 2 heterocycles. The Hall–Kier alpha value is -2.38. The van der Waals surface area contributed by atoms with Crippen LogP contribution in [0.3, 0.4) is 0 Å².